The molecule has 2 aliphatic rings. The quantitative estimate of drug-likeness (QED) is 0.825. The molecule has 5 nitrogen and oxygen atoms in total. The summed E-state index contributed by atoms with van der Waals surface area (Å²) < 4.78 is 0. The Morgan fingerprint density at radius 2 is 1.19 bits per heavy atom. The first-order valence-corrected chi connectivity index (χ1v) is 9.37. The maximum absolute atomic E-state index is 13.4. The molecule has 2 unspecified atom stereocenters. The SMILES string of the molecule is NC1CCN(c2ccccc2C(=O)c2ccccc2N2CCC(N)C2)C1. The Bertz CT molecular complexity index is 741. The highest BCUT2D eigenvalue weighted by molar-refractivity contribution is 6.15. The van der Waals surface area contributed by atoms with Crippen LogP contribution in [0.15, 0.2) is 48.5 Å². The van der Waals surface area contributed by atoms with Gasteiger partial charge in [-0.15, -0.1) is 0 Å². The topological polar surface area (TPSA) is 75.6 Å². The van der Waals surface area contributed by atoms with Gasteiger partial charge in [0.25, 0.3) is 0 Å². The third kappa shape index (κ3) is 3.20. The van der Waals surface area contributed by atoms with Crippen molar-refractivity contribution in [1.29, 1.82) is 0 Å². The average molecular weight is 350 g/mol. The Labute approximate surface area is 154 Å². The van der Waals surface area contributed by atoms with Gasteiger partial charge < -0.3 is 21.3 Å². The number of hydrogen-bond acceptors (Lipinski definition) is 5. The maximum atomic E-state index is 13.4. The van der Waals surface area contributed by atoms with Gasteiger partial charge in [0.05, 0.1) is 0 Å². The minimum atomic E-state index is 0.0668. The van der Waals surface area contributed by atoms with Crippen LogP contribution in [0, 0.1) is 0 Å². The van der Waals surface area contributed by atoms with Gasteiger partial charge in [-0.2, -0.15) is 0 Å². The lowest BCUT2D eigenvalue weighted by molar-refractivity contribution is 0.103. The lowest BCUT2D eigenvalue weighted by atomic mass is 9.99. The Hall–Kier alpha value is -2.37. The van der Waals surface area contributed by atoms with Crippen LogP contribution in [-0.4, -0.2) is 44.0 Å². The van der Waals surface area contributed by atoms with Gasteiger partial charge in [0.15, 0.2) is 5.78 Å². The predicted octanol–water partition coefficient (Wildman–Crippen LogP) is 1.99. The molecule has 5 heteroatoms. The Kier molecular flexibility index (Phi) is 4.66. The summed E-state index contributed by atoms with van der Waals surface area (Å²) in [4.78, 5) is 17.9. The minimum absolute atomic E-state index is 0.0668. The van der Waals surface area contributed by atoms with Gasteiger partial charge in [-0.05, 0) is 37.1 Å². The summed E-state index contributed by atoms with van der Waals surface area (Å²) in [5.74, 6) is 0.0668. The Morgan fingerprint density at radius 3 is 1.58 bits per heavy atom. The van der Waals surface area contributed by atoms with Crippen molar-refractivity contribution in [3.05, 3.63) is 59.7 Å². The third-order valence-corrected chi connectivity index (χ3v) is 5.43. The van der Waals surface area contributed by atoms with Crippen molar-refractivity contribution < 1.29 is 4.79 Å². The average Bonchev–Trinajstić information content (AvgIpc) is 3.29. The molecule has 0 aromatic heterocycles. The summed E-state index contributed by atoms with van der Waals surface area (Å²) in [5, 5.41) is 0. The largest absolute Gasteiger partial charge is 0.369 e. The fourth-order valence-electron chi connectivity index (χ4n) is 4.04. The molecule has 4 rings (SSSR count). The number of anilines is 2. The number of nitrogens with zero attached hydrogens (tertiary/aromatic N) is 2. The fraction of sp³-hybridized carbons (Fsp3) is 0.381. The van der Waals surface area contributed by atoms with Crippen molar-refractivity contribution in [3.63, 3.8) is 0 Å². The number of hydrogen-bond donors (Lipinski definition) is 2. The van der Waals surface area contributed by atoms with Crippen molar-refractivity contribution in [3.8, 4) is 0 Å². The van der Waals surface area contributed by atoms with Crippen molar-refractivity contribution in [1.82, 2.24) is 0 Å². The highest BCUT2D eigenvalue weighted by Crippen LogP contribution is 2.31. The molecule has 0 radical (unpaired) electrons. The molecule has 2 fully saturated rings. The fourth-order valence-corrected chi connectivity index (χ4v) is 4.04. The van der Waals surface area contributed by atoms with Gasteiger partial charge >= 0.3 is 0 Å². The summed E-state index contributed by atoms with van der Waals surface area (Å²) in [6.07, 6.45) is 1.93. The molecular weight excluding hydrogens is 324 g/mol. The number of carbonyl (C=O) groups is 1. The van der Waals surface area contributed by atoms with Gasteiger partial charge in [-0.25, -0.2) is 0 Å². The highest BCUT2D eigenvalue weighted by atomic mass is 16.1. The minimum Gasteiger partial charge on any atom is -0.369 e. The van der Waals surface area contributed by atoms with E-state index < -0.39 is 0 Å². The lowest BCUT2D eigenvalue weighted by Gasteiger charge is -2.24. The molecule has 4 N–H and O–H groups in total. The number of para-hydroxylation sites is 2. The zero-order chi connectivity index (χ0) is 18.1. The molecule has 2 atom stereocenters. The van der Waals surface area contributed by atoms with E-state index in [0.29, 0.717) is 0 Å². The van der Waals surface area contributed by atoms with E-state index in [1.54, 1.807) is 0 Å². The highest BCUT2D eigenvalue weighted by Gasteiger charge is 2.27. The second-order valence-electron chi connectivity index (χ2n) is 7.35. The molecule has 2 heterocycles. The van der Waals surface area contributed by atoms with Gasteiger partial charge in [0.1, 0.15) is 0 Å². The first-order chi connectivity index (χ1) is 12.6. The summed E-state index contributed by atoms with van der Waals surface area (Å²) in [7, 11) is 0. The van der Waals surface area contributed by atoms with Crippen molar-refractivity contribution in [2.24, 2.45) is 11.5 Å². The summed E-state index contributed by atoms with van der Waals surface area (Å²) >= 11 is 0. The normalized spacial score (nSPS) is 22.8. The van der Waals surface area contributed by atoms with Gasteiger partial charge in [-0.1, -0.05) is 24.3 Å². The van der Waals surface area contributed by atoms with Crippen molar-refractivity contribution in [2.45, 2.75) is 24.9 Å². The summed E-state index contributed by atoms with van der Waals surface area (Å²) in [6, 6.07) is 16.1. The maximum Gasteiger partial charge on any atom is 0.197 e. The van der Waals surface area contributed by atoms with Crippen LogP contribution in [0.3, 0.4) is 0 Å². The van der Waals surface area contributed by atoms with E-state index in [1.165, 1.54) is 0 Å². The van der Waals surface area contributed by atoms with Crippen LogP contribution in [0.25, 0.3) is 0 Å². The van der Waals surface area contributed by atoms with Crippen LogP contribution >= 0.6 is 0 Å². The number of benzene rings is 2. The predicted molar refractivity (Wildman–Crippen MR) is 106 cm³/mol. The standard InChI is InChI=1S/C21H26N4O/c22-15-9-11-24(13-15)19-7-3-1-5-17(19)21(26)18-6-2-4-8-20(18)25-12-10-16(23)14-25/h1-8,15-16H,9-14,22-23H2. The van der Waals surface area contributed by atoms with Crippen LogP contribution in [-0.2, 0) is 0 Å². The van der Waals surface area contributed by atoms with Gasteiger partial charge in [0.2, 0.25) is 0 Å². The van der Waals surface area contributed by atoms with Crippen LogP contribution in [0.4, 0.5) is 11.4 Å². The van der Waals surface area contributed by atoms with Crippen LogP contribution < -0.4 is 21.3 Å². The van der Waals surface area contributed by atoms with E-state index in [2.05, 4.69) is 9.80 Å². The van der Waals surface area contributed by atoms with Crippen molar-refractivity contribution in [2.75, 3.05) is 36.0 Å². The van der Waals surface area contributed by atoms with E-state index in [0.717, 1.165) is 61.5 Å². The second-order valence-corrected chi connectivity index (χ2v) is 7.35. The lowest BCUT2D eigenvalue weighted by Crippen LogP contribution is -2.28. The summed E-state index contributed by atoms with van der Waals surface area (Å²) in [6.45, 7) is 3.39. The zero-order valence-corrected chi connectivity index (χ0v) is 15.0. The molecule has 0 bridgehead atoms. The molecule has 0 amide bonds. The van der Waals surface area contributed by atoms with Crippen LogP contribution in [0.2, 0.25) is 0 Å². The second kappa shape index (κ2) is 7.09. The molecule has 0 saturated carbocycles. The van der Waals surface area contributed by atoms with E-state index in [-0.39, 0.29) is 17.9 Å². The Morgan fingerprint density at radius 1 is 0.769 bits per heavy atom. The molecule has 2 aromatic carbocycles. The van der Waals surface area contributed by atoms with Crippen LogP contribution in [0.5, 0.6) is 0 Å². The molecule has 0 spiro atoms. The first kappa shape index (κ1) is 17.1. The van der Waals surface area contributed by atoms with Gasteiger partial charge in [-0.3, -0.25) is 4.79 Å². The van der Waals surface area contributed by atoms with Crippen molar-refractivity contribution >= 4 is 17.2 Å². The van der Waals surface area contributed by atoms with Crippen LogP contribution in [0.1, 0.15) is 28.8 Å². The number of nitrogens with two attached hydrogens (primary N) is 2. The number of rotatable bonds is 4. The van der Waals surface area contributed by atoms with E-state index in [4.69, 9.17) is 11.5 Å². The monoisotopic (exact) mass is 350 g/mol. The molecule has 2 aromatic rings. The van der Waals surface area contributed by atoms with Gasteiger partial charge in [0, 0.05) is 60.8 Å². The number of carbonyl (C=O) groups excluding carboxylic acids is 1. The smallest absolute Gasteiger partial charge is 0.197 e. The molecular formula is C21H26N4O. The zero-order valence-electron chi connectivity index (χ0n) is 15.0. The molecule has 136 valence electrons. The van der Waals surface area contributed by atoms with E-state index in [1.807, 2.05) is 48.5 Å². The third-order valence-electron chi connectivity index (χ3n) is 5.43. The molecule has 0 aliphatic carbocycles. The van der Waals surface area contributed by atoms with E-state index in [9.17, 15) is 4.79 Å². The Balaban J connectivity index is 1.69. The van der Waals surface area contributed by atoms with E-state index >= 15 is 0 Å². The summed E-state index contributed by atoms with van der Waals surface area (Å²) in [5.41, 5.74) is 15.6. The molecule has 26 heavy (non-hydrogen) atoms. The molecule has 2 aliphatic heterocycles. The number of ketones is 1. The first-order valence-electron chi connectivity index (χ1n) is 9.37. The molecule has 2 saturated heterocycles.